The standard InChI is InChI=1S/C22H23N3O4/c1-4-13-29-20-14-16(15-23-25(20)17-9-6-5-7-10-17)24-22(26)21-18(27-2)11-8-12-19(21)28-3/h5-12,14-15H,4,13H2,1-3H3/b24-16+. The summed E-state index contributed by atoms with van der Waals surface area (Å²) in [5.41, 5.74) is 1.11. The van der Waals surface area contributed by atoms with Gasteiger partial charge < -0.3 is 14.2 Å². The first kappa shape index (κ1) is 20.1. The van der Waals surface area contributed by atoms with Crippen LogP contribution in [0.5, 0.6) is 17.4 Å². The van der Waals surface area contributed by atoms with Gasteiger partial charge in [-0.15, -0.1) is 0 Å². The molecule has 3 aromatic rings. The van der Waals surface area contributed by atoms with E-state index in [4.69, 9.17) is 14.2 Å². The molecule has 150 valence electrons. The minimum Gasteiger partial charge on any atom is -0.496 e. The molecule has 0 radical (unpaired) electrons. The second-order valence-corrected chi connectivity index (χ2v) is 6.10. The topological polar surface area (TPSA) is 74.9 Å². The van der Waals surface area contributed by atoms with Crippen LogP contribution in [0.15, 0.2) is 65.8 Å². The summed E-state index contributed by atoms with van der Waals surface area (Å²) >= 11 is 0. The molecule has 7 nitrogen and oxygen atoms in total. The van der Waals surface area contributed by atoms with Gasteiger partial charge in [-0.05, 0) is 30.7 Å². The second kappa shape index (κ2) is 9.54. The van der Waals surface area contributed by atoms with Gasteiger partial charge >= 0.3 is 0 Å². The van der Waals surface area contributed by atoms with Crippen molar-refractivity contribution in [1.82, 2.24) is 9.78 Å². The largest absolute Gasteiger partial charge is 0.496 e. The van der Waals surface area contributed by atoms with E-state index in [1.54, 1.807) is 28.9 Å². The van der Waals surface area contributed by atoms with Gasteiger partial charge in [-0.1, -0.05) is 31.2 Å². The number of hydrogen-bond donors (Lipinski definition) is 0. The third-order valence-corrected chi connectivity index (χ3v) is 4.11. The van der Waals surface area contributed by atoms with Crippen molar-refractivity contribution in [3.8, 4) is 23.1 Å². The molecule has 1 amide bonds. The van der Waals surface area contributed by atoms with Crippen LogP contribution in [0.25, 0.3) is 5.69 Å². The number of amides is 1. The number of benzene rings is 2. The molecule has 7 heteroatoms. The summed E-state index contributed by atoms with van der Waals surface area (Å²) in [7, 11) is 2.99. The number of para-hydroxylation sites is 1. The third kappa shape index (κ3) is 4.63. The van der Waals surface area contributed by atoms with Crippen molar-refractivity contribution >= 4 is 5.91 Å². The summed E-state index contributed by atoms with van der Waals surface area (Å²) in [6, 6.07) is 16.4. The minimum absolute atomic E-state index is 0.258. The molecule has 1 aromatic heterocycles. The lowest BCUT2D eigenvalue weighted by Crippen LogP contribution is -2.16. The molecule has 0 saturated heterocycles. The van der Waals surface area contributed by atoms with E-state index in [0.717, 1.165) is 12.1 Å². The third-order valence-electron chi connectivity index (χ3n) is 4.11. The molecule has 0 aliphatic rings. The highest BCUT2D eigenvalue weighted by atomic mass is 16.5. The van der Waals surface area contributed by atoms with E-state index in [0.29, 0.717) is 29.3 Å². The number of nitrogens with zero attached hydrogens (tertiary/aromatic N) is 3. The van der Waals surface area contributed by atoms with Crippen molar-refractivity contribution in [2.24, 2.45) is 4.99 Å². The van der Waals surface area contributed by atoms with Gasteiger partial charge in [-0.2, -0.15) is 5.10 Å². The Morgan fingerprint density at radius 2 is 1.72 bits per heavy atom. The Kier molecular flexibility index (Phi) is 6.63. The molecule has 1 heterocycles. The molecule has 0 aliphatic carbocycles. The van der Waals surface area contributed by atoms with E-state index in [2.05, 4.69) is 10.1 Å². The Morgan fingerprint density at radius 3 is 2.34 bits per heavy atom. The predicted octanol–water partition coefficient (Wildman–Crippen LogP) is 3.42. The maximum Gasteiger partial charge on any atom is 0.285 e. The molecular formula is C22H23N3O4. The number of carbonyl (C=O) groups is 1. The normalized spacial score (nSPS) is 11.2. The first-order valence-corrected chi connectivity index (χ1v) is 9.25. The first-order valence-electron chi connectivity index (χ1n) is 9.25. The zero-order valence-corrected chi connectivity index (χ0v) is 16.7. The highest BCUT2D eigenvalue weighted by Crippen LogP contribution is 2.28. The van der Waals surface area contributed by atoms with E-state index < -0.39 is 5.91 Å². The molecule has 0 unspecified atom stereocenters. The van der Waals surface area contributed by atoms with Crippen molar-refractivity contribution < 1.29 is 19.0 Å². The number of methoxy groups -OCH3 is 2. The maximum atomic E-state index is 12.9. The number of rotatable bonds is 7. The van der Waals surface area contributed by atoms with Crippen molar-refractivity contribution in [2.75, 3.05) is 20.8 Å². The predicted molar refractivity (Wildman–Crippen MR) is 109 cm³/mol. The van der Waals surface area contributed by atoms with Crippen molar-refractivity contribution in [3.63, 3.8) is 0 Å². The Labute approximate surface area is 169 Å². The Morgan fingerprint density at radius 1 is 1.03 bits per heavy atom. The number of carbonyl (C=O) groups excluding carboxylic acids is 1. The quantitative estimate of drug-likeness (QED) is 0.615. The van der Waals surface area contributed by atoms with Gasteiger partial charge in [0.2, 0.25) is 5.88 Å². The van der Waals surface area contributed by atoms with Gasteiger partial charge in [0.1, 0.15) is 17.1 Å². The van der Waals surface area contributed by atoms with Gasteiger partial charge in [-0.3, -0.25) is 4.79 Å². The van der Waals surface area contributed by atoms with Crippen molar-refractivity contribution in [1.29, 1.82) is 0 Å². The van der Waals surface area contributed by atoms with Crippen LogP contribution in [-0.2, 0) is 0 Å². The van der Waals surface area contributed by atoms with E-state index >= 15 is 0 Å². The van der Waals surface area contributed by atoms with Crippen LogP contribution < -0.4 is 19.6 Å². The molecule has 0 bridgehead atoms. The molecule has 2 aromatic carbocycles. The summed E-state index contributed by atoms with van der Waals surface area (Å²) in [5, 5.41) is 4.79. The molecule has 0 spiro atoms. The highest BCUT2D eigenvalue weighted by molar-refractivity contribution is 6.00. The SMILES string of the molecule is CCCOc1c/c(=N\C(=O)c2c(OC)cccc2OC)cnn1-c1ccccc1. The number of hydrogen-bond acceptors (Lipinski definition) is 5. The smallest absolute Gasteiger partial charge is 0.285 e. The zero-order chi connectivity index (χ0) is 20.6. The minimum atomic E-state index is -0.486. The van der Waals surface area contributed by atoms with E-state index in [1.165, 1.54) is 20.4 Å². The fourth-order valence-electron chi connectivity index (χ4n) is 2.77. The van der Waals surface area contributed by atoms with Crippen LogP contribution in [0.3, 0.4) is 0 Å². The van der Waals surface area contributed by atoms with Gasteiger partial charge in [0.15, 0.2) is 0 Å². The van der Waals surface area contributed by atoms with E-state index in [1.807, 2.05) is 37.3 Å². The van der Waals surface area contributed by atoms with Crippen LogP contribution >= 0.6 is 0 Å². The van der Waals surface area contributed by atoms with Crippen LogP contribution in [0.2, 0.25) is 0 Å². The fraction of sp³-hybridized carbons (Fsp3) is 0.227. The molecule has 0 N–H and O–H groups in total. The zero-order valence-electron chi connectivity index (χ0n) is 16.7. The summed E-state index contributed by atoms with van der Waals surface area (Å²) in [6.45, 7) is 2.54. The molecule has 3 rings (SSSR count). The second-order valence-electron chi connectivity index (χ2n) is 6.10. The lowest BCUT2D eigenvalue weighted by Gasteiger charge is -2.13. The average Bonchev–Trinajstić information content (AvgIpc) is 2.77. The van der Waals surface area contributed by atoms with E-state index in [-0.39, 0.29) is 5.56 Å². The molecular weight excluding hydrogens is 370 g/mol. The van der Waals surface area contributed by atoms with Crippen LogP contribution in [0.4, 0.5) is 0 Å². The monoisotopic (exact) mass is 393 g/mol. The van der Waals surface area contributed by atoms with Gasteiger partial charge in [0.25, 0.3) is 5.91 Å². The lowest BCUT2D eigenvalue weighted by molar-refractivity contribution is 0.0992. The molecule has 29 heavy (non-hydrogen) atoms. The first-order chi connectivity index (χ1) is 14.2. The highest BCUT2D eigenvalue weighted by Gasteiger charge is 2.17. The number of ether oxygens (including phenoxy) is 3. The maximum absolute atomic E-state index is 12.9. The van der Waals surface area contributed by atoms with Gasteiger partial charge in [0.05, 0.1) is 38.1 Å². The van der Waals surface area contributed by atoms with Crippen LogP contribution in [0.1, 0.15) is 23.7 Å². The average molecular weight is 393 g/mol. The number of aromatic nitrogens is 2. The molecule has 0 atom stereocenters. The van der Waals surface area contributed by atoms with Gasteiger partial charge in [0, 0.05) is 6.07 Å². The summed E-state index contributed by atoms with van der Waals surface area (Å²) in [6.07, 6.45) is 2.36. The Hall–Kier alpha value is -3.61. The van der Waals surface area contributed by atoms with Crippen molar-refractivity contribution in [3.05, 3.63) is 71.7 Å². The Balaban J connectivity index is 2.05. The molecule has 0 aliphatic heterocycles. The van der Waals surface area contributed by atoms with Crippen LogP contribution in [-0.4, -0.2) is 36.5 Å². The van der Waals surface area contributed by atoms with E-state index in [9.17, 15) is 4.79 Å². The molecule has 0 saturated carbocycles. The molecule has 0 fully saturated rings. The summed E-state index contributed by atoms with van der Waals surface area (Å²) in [4.78, 5) is 17.0. The Bertz CT molecular complexity index is 1020. The summed E-state index contributed by atoms with van der Waals surface area (Å²) in [5.74, 6) is 0.798. The summed E-state index contributed by atoms with van der Waals surface area (Å²) < 4.78 is 18.1. The van der Waals surface area contributed by atoms with Gasteiger partial charge in [-0.25, -0.2) is 9.67 Å². The van der Waals surface area contributed by atoms with Crippen LogP contribution in [0, 0.1) is 0 Å². The fourth-order valence-corrected chi connectivity index (χ4v) is 2.77. The lowest BCUT2D eigenvalue weighted by atomic mass is 10.1. The van der Waals surface area contributed by atoms with Crippen molar-refractivity contribution in [2.45, 2.75) is 13.3 Å².